The maximum atomic E-state index is 8.58. The van der Waals surface area contributed by atoms with Gasteiger partial charge in [-0.05, 0) is 19.8 Å². The van der Waals surface area contributed by atoms with Gasteiger partial charge < -0.3 is 21.3 Å². The predicted octanol–water partition coefficient (Wildman–Crippen LogP) is -0.695. The molecular weight excluding hydrogens is 212 g/mol. The summed E-state index contributed by atoms with van der Waals surface area (Å²) >= 11 is 0. The molecule has 0 aromatic carbocycles. The molecule has 0 aromatic heterocycles. The fraction of sp³-hybridized carbons (Fsp3) is 0.600. The molecule has 94 valence electrons. The summed E-state index contributed by atoms with van der Waals surface area (Å²) in [6.07, 6.45) is 8.31. The van der Waals surface area contributed by atoms with Gasteiger partial charge in [0.05, 0.1) is 12.2 Å². The van der Waals surface area contributed by atoms with E-state index in [2.05, 4.69) is 23.6 Å². The molecule has 6 nitrogen and oxygen atoms in total. The average molecular weight is 232 g/mol. The Morgan fingerprint density at radius 1 is 1.25 bits per heavy atom. The van der Waals surface area contributed by atoms with Crippen molar-refractivity contribution in [2.45, 2.75) is 32.0 Å². The second kappa shape index (κ2) is 13.6. The van der Waals surface area contributed by atoms with Crippen LogP contribution < -0.4 is 11.5 Å². The van der Waals surface area contributed by atoms with Gasteiger partial charge in [0.1, 0.15) is 0 Å². The molecule has 16 heavy (non-hydrogen) atoms. The summed E-state index contributed by atoms with van der Waals surface area (Å²) in [5.74, 6) is 0. The van der Waals surface area contributed by atoms with Crippen LogP contribution in [0.3, 0.4) is 0 Å². The summed E-state index contributed by atoms with van der Waals surface area (Å²) in [5, 5.41) is 7.57. The van der Waals surface area contributed by atoms with E-state index < -0.39 is 0 Å². The molecule has 6 heteroatoms. The topological polar surface area (TPSA) is 116 Å². The molecular formula is C10H20N2O4. The molecule has 1 fully saturated rings. The molecule has 5 N–H and O–H groups in total. The van der Waals surface area contributed by atoms with E-state index in [0.717, 1.165) is 0 Å². The smallest absolute Gasteiger partial charge is 0.204 e. The number of carbonyl (C=O) groups is 2. The third kappa shape index (κ3) is 10.7. The zero-order valence-electron chi connectivity index (χ0n) is 9.41. The summed E-state index contributed by atoms with van der Waals surface area (Å²) in [5.41, 5.74) is 8.33. The normalized spacial score (nSPS) is 22.6. The summed E-state index contributed by atoms with van der Waals surface area (Å²) < 4.78 is 5.36. The van der Waals surface area contributed by atoms with Crippen molar-refractivity contribution in [3.8, 4) is 0 Å². The van der Waals surface area contributed by atoms with Gasteiger partial charge in [-0.1, -0.05) is 12.2 Å². The molecule has 2 aliphatic rings. The van der Waals surface area contributed by atoms with E-state index in [1.165, 1.54) is 12.8 Å². The number of ether oxygens (including phenoxy) is 1. The lowest BCUT2D eigenvalue weighted by atomic mass is 10.1. The van der Waals surface area contributed by atoms with Crippen molar-refractivity contribution in [1.82, 2.24) is 0 Å². The molecule has 2 heterocycles. The molecule has 0 aliphatic carbocycles. The van der Waals surface area contributed by atoms with E-state index in [4.69, 9.17) is 19.4 Å². The van der Waals surface area contributed by atoms with Crippen LogP contribution >= 0.6 is 0 Å². The van der Waals surface area contributed by atoms with Crippen molar-refractivity contribution in [2.75, 3.05) is 6.61 Å². The van der Waals surface area contributed by atoms with E-state index in [1.54, 1.807) is 6.92 Å². The van der Waals surface area contributed by atoms with Gasteiger partial charge in [0, 0.05) is 6.61 Å². The second-order valence-corrected chi connectivity index (χ2v) is 2.76. The van der Waals surface area contributed by atoms with Crippen LogP contribution in [0.25, 0.3) is 0 Å². The molecule has 2 unspecified atom stereocenters. The van der Waals surface area contributed by atoms with Crippen LogP contribution in [0.15, 0.2) is 12.2 Å². The Balaban J connectivity index is 0. The minimum absolute atomic E-state index is 0.250. The first kappa shape index (κ1) is 17.0. The molecule has 2 atom stereocenters. The summed E-state index contributed by atoms with van der Waals surface area (Å²) in [4.78, 5) is 17.2. The first-order chi connectivity index (χ1) is 7.69. The lowest BCUT2D eigenvalue weighted by molar-refractivity contribution is -0.107. The van der Waals surface area contributed by atoms with Crippen molar-refractivity contribution < 1.29 is 19.4 Å². The monoisotopic (exact) mass is 232 g/mol. The number of carbonyl (C=O) groups excluding carboxylic acids is 2. The van der Waals surface area contributed by atoms with Gasteiger partial charge in [-0.15, -0.1) is 0 Å². The lowest BCUT2D eigenvalue weighted by Crippen LogP contribution is -1.95. The molecule has 2 rings (SSSR count). The zero-order valence-corrected chi connectivity index (χ0v) is 9.41. The highest BCUT2D eigenvalue weighted by molar-refractivity contribution is 5.42. The van der Waals surface area contributed by atoms with Crippen LogP contribution in [-0.2, 0) is 14.3 Å². The second-order valence-electron chi connectivity index (χ2n) is 2.76. The van der Waals surface area contributed by atoms with Crippen LogP contribution in [0, 0.1) is 0 Å². The van der Waals surface area contributed by atoms with Crippen molar-refractivity contribution >= 4 is 12.8 Å². The van der Waals surface area contributed by atoms with E-state index in [1.807, 2.05) is 0 Å². The third-order valence-electron chi connectivity index (χ3n) is 1.63. The first-order valence-electron chi connectivity index (χ1n) is 4.95. The number of rotatable bonds is 0. The molecule has 0 spiro atoms. The number of fused-ring (bicyclic) bond motifs is 2. The van der Waals surface area contributed by atoms with Gasteiger partial charge in [0.2, 0.25) is 12.8 Å². The molecule has 0 radical (unpaired) electrons. The highest BCUT2D eigenvalue weighted by atomic mass is 16.5. The summed E-state index contributed by atoms with van der Waals surface area (Å²) in [7, 11) is 0. The Labute approximate surface area is 95.3 Å². The van der Waals surface area contributed by atoms with E-state index >= 15 is 0 Å². The molecule has 2 bridgehead atoms. The van der Waals surface area contributed by atoms with E-state index in [-0.39, 0.29) is 19.4 Å². The van der Waals surface area contributed by atoms with Crippen molar-refractivity contribution in [3.05, 3.63) is 12.2 Å². The molecule has 0 saturated carbocycles. The average Bonchev–Trinajstić information content (AvgIpc) is 2.84. The van der Waals surface area contributed by atoms with Crippen LogP contribution in [0.1, 0.15) is 19.8 Å². The Morgan fingerprint density at radius 3 is 1.56 bits per heavy atom. The lowest BCUT2D eigenvalue weighted by Gasteiger charge is -1.93. The number of nitrogens with two attached hydrogens (primary N) is 2. The van der Waals surface area contributed by atoms with E-state index in [0.29, 0.717) is 12.2 Å². The Hall–Kier alpha value is -1.40. The number of primary amides is 2. The minimum Gasteiger partial charge on any atom is -0.397 e. The van der Waals surface area contributed by atoms with Crippen LogP contribution in [0.5, 0.6) is 0 Å². The standard InChI is InChI=1S/C6H8O.C2H6O.2CH3NO/c1-2-6-4-3-5(1)7-6;1-2-3;2*2-1-3/h1-2,5-6H,3-4H2;3H,2H2,1H3;2*1H,(H2,2,3). The van der Waals surface area contributed by atoms with Gasteiger partial charge in [0.15, 0.2) is 0 Å². The number of amides is 2. The van der Waals surface area contributed by atoms with Crippen molar-refractivity contribution in [3.63, 3.8) is 0 Å². The molecule has 0 aromatic rings. The number of aliphatic hydroxyl groups is 1. The zero-order chi connectivity index (χ0) is 12.8. The highest BCUT2D eigenvalue weighted by Crippen LogP contribution is 2.27. The Bertz CT molecular complexity index is 179. The van der Waals surface area contributed by atoms with Gasteiger partial charge >= 0.3 is 0 Å². The minimum atomic E-state index is 0.250. The Kier molecular flexibility index (Phi) is 14.5. The molecule has 1 saturated heterocycles. The largest absolute Gasteiger partial charge is 0.397 e. The highest BCUT2D eigenvalue weighted by Gasteiger charge is 2.25. The fourth-order valence-electron chi connectivity index (χ4n) is 1.22. The quantitative estimate of drug-likeness (QED) is 0.378. The molecule has 2 aliphatic heterocycles. The van der Waals surface area contributed by atoms with Gasteiger partial charge in [-0.2, -0.15) is 0 Å². The van der Waals surface area contributed by atoms with Crippen molar-refractivity contribution in [1.29, 1.82) is 0 Å². The maximum Gasteiger partial charge on any atom is 0.204 e. The molecule has 2 amide bonds. The van der Waals surface area contributed by atoms with Crippen LogP contribution in [0.4, 0.5) is 0 Å². The predicted molar refractivity (Wildman–Crippen MR) is 60.3 cm³/mol. The number of hydrogen-bond acceptors (Lipinski definition) is 4. The number of aliphatic hydroxyl groups excluding tert-OH is 1. The SMILES string of the molecule is C1=CC2CCC1O2.CCO.NC=O.NC=O. The summed E-state index contributed by atoms with van der Waals surface area (Å²) in [6, 6.07) is 0. The van der Waals surface area contributed by atoms with Crippen LogP contribution in [0.2, 0.25) is 0 Å². The van der Waals surface area contributed by atoms with Gasteiger partial charge in [-0.3, -0.25) is 9.59 Å². The number of hydrogen-bond donors (Lipinski definition) is 3. The van der Waals surface area contributed by atoms with Gasteiger partial charge in [-0.25, -0.2) is 0 Å². The van der Waals surface area contributed by atoms with E-state index in [9.17, 15) is 0 Å². The maximum absolute atomic E-state index is 8.58. The summed E-state index contributed by atoms with van der Waals surface area (Å²) in [6.45, 7) is 1.93. The first-order valence-corrected chi connectivity index (χ1v) is 4.95. The van der Waals surface area contributed by atoms with Gasteiger partial charge in [0.25, 0.3) is 0 Å². The Morgan fingerprint density at radius 2 is 1.50 bits per heavy atom. The van der Waals surface area contributed by atoms with Crippen molar-refractivity contribution in [2.24, 2.45) is 11.5 Å². The van der Waals surface area contributed by atoms with Crippen LogP contribution in [-0.4, -0.2) is 36.7 Å². The fourth-order valence-corrected chi connectivity index (χ4v) is 1.22. The third-order valence-corrected chi connectivity index (χ3v) is 1.63.